The minimum Gasteiger partial charge on any atom is -0.321 e. The monoisotopic (exact) mass is 361 g/mol. The molecule has 8 heteroatoms. The molecule has 0 radical (unpaired) electrons. The van der Waals surface area contributed by atoms with E-state index in [0.29, 0.717) is 12.5 Å². The Hall–Kier alpha value is -1.47. The van der Waals surface area contributed by atoms with E-state index >= 15 is 0 Å². The van der Waals surface area contributed by atoms with Crippen molar-refractivity contribution in [3.05, 3.63) is 28.8 Å². The maximum Gasteiger partial charge on any atom is 0.417 e. The molecule has 4 nitrogen and oxygen atoms in total. The van der Waals surface area contributed by atoms with E-state index in [1.807, 2.05) is 0 Å². The Morgan fingerprint density at radius 3 is 2.75 bits per heavy atom. The van der Waals surface area contributed by atoms with E-state index in [4.69, 9.17) is 11.6 Å². The van der Waals surface area contributed by atoms with E-state index < -0.39 is 11.7 Å². The molecule has 0 aromatic heterocycles. The second kappa shape index (κ2) is 6.44. The summed E-state index contributed by atoms with van der Waals surface area (Å²) in [6.07, 6.45) is -2.73. The zero-order chi connectivity index (χ0) is 17.5. The van der Waals surface area contributed by atoms with Gasteiger partial charge in [-0.3, -0.25) is 0 Å². The van der Waals surface area contributed by atoms with Gasteiger partial charge in [0.1, 0.15) is 0 Å². The Morgan fingerprint density at radius 2 is 2.04 bits per heavy atom. The summed E-state index contributed by atoms with van der Waals surface area (Å²) < 4.78 is 38.7. The van der Waals surface area contributed by atoms with Crippen LogP contribution >= 0.6 is 11.6 Å². The van der Waals surface area contributed by atoms with Crippen molar-refractivity contribution in [2.24, 2.45) is 5.92 Å². The minimum absolute atomic E-state index is 0.105. The summed E-state index contributed by atoms with van der Waals surface area (Å²) in [5.41, 5.74) is -0.839. The third kappa shape index (κ3) is 3.47. The van der Waals surface area contributed by atoms with Gasteiger partial charge in [-0.1, -0.05) is 11.6 Å². The summed E-state index contributed by atoms with van der Waals surface area (Å²) in [6, 6.07) is 3.24. The Morgan fingerprint density at radius 1 is 1.29 bits per heavy atom. The van der Waals surface area contributed by atoms with Crippen LogP contribution in [-0.4, -0.2) is 48.6 Å². The van der Waals surface area contributed by atoms with Gasteiger partial charge in [0.05, 0.1) is 10.6 Å². The number of carbonyl (C=O) groups excluding carboxylic acids is 1. The number of benzene rings is 1. The van der Waals surface area contributed by atoms with E-state index in [1.165, 1.54) is 6.07 Å². The van der Waals surface area contributed by atoms with Crippen LogP contribution in [-0.2, 0) is 6.18 Å². The highest BCUT2D eigenvalue weighted by Crippen LogP contribution is 2.36. The van der Waals surface area contributed by atoms with Gasteiger partial charge in [-0.2, -0.15) is 13.2 Å². The molecule has 0 aliphatic carbocycles. The van der Waals surface area contributed by atoms with Gasteiger partial charge < -0.3 is 15.1 Å². The zero-order valence-electron chi connectivity index (χ0n) is 13.2. The topological polar surface area (TPSA) is 35.6 Å². The van der Waals surface area contributed by atoms with Crippen LogP contribution in [0.3, 0.4) is 0 Å². The molecule has 2 amide bonds. The average molecular weight is 362 g/mol. The molecule has 132 valence electrons. The summed E-state index contributed by atoms with van der Waals surface area (Å²) in [6.45, 7) is 2.51. The third-order valence-corrected chi connectivity index (χ3v) is 5.15. The van der Waals surface area contributed by atoms with E-state index in [2.05, 4.69) is 17.3 Å². The van der Waals surface area contributed by atoms with Gasteiger partial charge in [0.15, 0.2) is 0 Å². The highest BCUT2D eigenvalue weighted by Gasteiger charge is 2.40. The number of fused-ring (bicyclic) bond motifs is 1. The molecule has 1 N–H and O–H groups in total. The first-order valence-corrected chi connectivity index (χ1v) is 8.26. The number of halogens is 4. The average Bonchev–Trinajstić information content (AvgIpc) is 2.91. The Bertz CT molecular complexity index is 637. The molecule has 3 rings (SSSR count). The van der Waals surface area contributed by atoms with Gasteiger partial charge >= 0.3 is 12.2 Å². The Balaban J connectivity index is 1.72. The van der Waals surface area contributed by atoms with Crippen LogP contribution in [0.4, 0.5) is 23.7 Å². The van der Waals surface area contributed by atoms with Crippen molar-refractivity contribution in [1.82, 2.24) is 9.80 Å². The van der Waals surface area contributed by atoms with Crippen molar-refractivity contribution in [2.45, 2.75) is 25.1 Å². The molecule has 0 saturated carbocycles. The molecule has 24 heavy (non-hydrogen) atoms. The number of hydrogen-bond acceptors (Lipinski definition) is 2. The smallest absolute Gasteiger partial charge is 0.321 e. The fraction of sp³-hybridized carbons (Fsp3) is 0.562. The first-order chi connectivity index (χ1) is 11.3. The zero-order valence-corrected chi connectivity index (χ0v) is 14.0. The fourth-order valence-corrected chi connectivity index (χ4v) is 3.86. The first kappa shape index (κ1) is 17.4. The van der Waals surface area contributed by atoms with E-state index in [0.717, 1.165) is 38.1 Å². The number of rotatable bonds is 1. The quantitative estimate of drug-likeness (QED) is 0.823. The van der Waals surface area contributed by atoms with Crippen molar-refractivity contribution in [2.75, 3.05) is 32.0 Å². The molecule has 1 aromatic rings. The molecule has 2 heterocycles. The lowest BCUT2D eigenvalue weighted by Crippen LogP contribution is -2.47. The molecule has 2 aliphatic rings. The normalized spacial score (nSPS) is 24.8. The lowest BCUT2D eigenvalue weighted by Gasteiger charge is -2.36. The van der Waals surface area contributed by atoms with Gasteiger partial charge in [-0.25, -0.2) is 4.79 Å². The lowest BCUT2D eigenvalue weighted by molar-refractivity contribution is -0.137. The summed E-state index contributed by atoms with van der Waals surface area (Å²) in [5.74, 6) is 0.436. The maximum atomic E-state index is 12.9. The maximum absolute atomic E-state index is 12.9. The molecular formula is C16H19ClF3N3O. The van der Waals surface area contributed by atoms with Crippen LogP contribution in [0.5, 0.6) is 0 Å². The molecule has 0 spiro atoms. The van der Waals surface area contributed by atoms with Crippen molar-refractivity contribution in [1.29, 1.82) is 0 Å². The molecule has 1 aromatic carbocycles. The highest BCUT2D eigenvalue weighted by atomic mass is 35.5. The van der Waals surface area contributed by atoms with Crippen molar-refractivity contribution in [3.63, 3.8) is 0 Å². The number of carbonyl (C=O) groups is 1. The number of hydrogen-bond donors (Lipinski definition) is 1. The fourth-order valence-electron chi connectivity index (χ4n) is 3.63. The summed E-state index contributed by atoms with van der Waals surface area (Å²) in [4.78, 5) is 16.5. The van der Waals surface area contributed by atoms with Gasteiger partial charge in [-0.15, -0.1) is 0 Å². The number of urea groups is 1. The van der Waals surface area contributed by atoms with E-state index in [-0.39, 0.29) is 22.8 Å². The standard InChI is InChI=1S/C16H19ClF3N3O/c1-22-6-5-14-10(9-22)4-7-23(14)15(24)21-11-2-3-13(17)12(8-11)16(18,19)20/h2-3,8,10,14H,4-7,9H2,1H3,(H,21,24)/t10-,14+/m1/s1. The lowest BCUT2D eigenvalue weighted by atomic mass is 9.93. The molecule has 2 saturated heterocycles. The van der Waals surface area contributed by atoms with Crippen molar-refractivity contribution in [3.8, 4) is 0 Å². The van der Waals surface area contributed by atoms with Crippen LogP contribution < -0.4 is 5.32 Å². The molecule has 2 atom stereocenters. The molecular weight excluding hydrogens is 343 g/mol. The molecule has 0 unspecified atom stereocenters. The first-order valence-electron chi connectivity index (χ1n) is 7.88. The number of amides is 2. The van der Waals surface area contributed by atoms with Gasteiger partial charge in [0.25, 0.3) is 0 Å². The summed E-state index contributed by atoms with van der Waals surface area (Å²) in [5, 5.41) is 2.20. The predicted octanol–water partition coefficient (Wildman–Crippen LogP) is 3.92. The van der Waals surface area contributed by atoms with E-state index in [9.17, 15) is 18.0 Å². The Labute approximate surface area is 143 Å². The summed E-state index contributed by atoms with van der Waals surface area (Å²) >= 11 is 5.60. The molecule has 2 aliphatic heterocycles. The second-order valence-corrected chi connectivity index (χ2v) is 6.89. The number of nitrogens with one attached hydrogen (secondary N) is 1. The minimum atomic E-state index is -4.55. The Kier molecular flexibility index (Phi) is 4.66. The van der Waals surface area contributed by atoms with Gasteiger partial charge in [0, 0.05) is 24.8 Å². The SMILES string of the molecule is CN1CC[C@H]2[C@H](CCN2C(=O)Nc2ccc(Cl)c(C(F)(F)F)c2)C1. The van der Waals surface area contributed by atoms with Crippen LogP contribution in [0.1, 0.15) is 18.4 Å². The third-order valence-electron chi connectivity index (χ3n) is 4.82. The van der Waals surface area contributed by atoms with Crippen LogP contribution in [0.25, 0.3) is 0 Å². The summed E-state index contributed by atoms with van der Waals surface area (Å²) in [7, 11) is 2.06. The van der Waals surface area contributed by atoms with Gasteiger partial charge in [-0.05, 0) is 50.6 Å². The molecule has 0 bridgehead atoms. The number of likely N-dealkylation sites (tertiary alicyclic amines) is 2. The van der Waals surface area contributed by atoms with Gasteiger partial charge in [0.2, 0.25) is 0 Å². The number of piperidine rings is 1. The predicted molar refractivity (Wildman–Crippen MR) is 86.2 cm³/mol. The molecule has 2 fully saturated rings. The number of alkyl halides is 3. The van der Waals surface area contributed by atoms with Crippen LogP contribution in [0.2, 0.25) is 5.02 Å². The van der Waals surface area contributed by atoms with E-state index in [1.54, 1.807) is 4.90 Å². The largest absolute Gasteiger partial charge is 0.417 e. The second-order valence-electron chi connectivity index (χ2n) is 6.48. The number of anilines is 1. The van der Waals surface area contributed by atoms with Crippen LogP contribution in [0.15, 0.2) is 18.2 Å². The van der Waals surface area contributed by atoms with Crippen molar-refractivity contribution >= 4 is 23.3 Å². The number of nitrogens with zero attached hydrogens (tertiary/aromatic N) is 2. The highest BCUT2D eigenvalue weighted by molar-refractivity contribution is 6.31. The van der Waals surface area contributed by atoms with Crippen molar-refractivity contribution < 1.29 is 18.0 Å². The van der Waals surface area contributed by atoms with Crippen LogP contribution in [0, 0.1) is 5.92 Å².